The Labute approximate surface area is 139 Å². The fraction of sp³-hybridized carbons (Fsp3) is 0.412. The van der Waals surface area contributed by atoms with Crippen molar-refractivity contribution in [2.75, 3.05) is 11.9 Å². The van der Waals surface area contributed by atoms with Crippen molar-refractivity contribution < 1.29 is 0 Å². The van der Waals surface area contributed by atoms with Crippen LogP contribution in [-0.2, 0) is 6.42 Å². The molecule has 4 heteroatoms. The highest BCUT2D eigenvalue weighted by Crippen LogP contribution is 2.42. The van der Waals surface area contributed by atoms with Gasteiger partial charge in [-0.3, -0.25) is 0 Å². The molecule has 0 spiro atoms. The number of nitrogens with zero attached hydrogens (tertiary/aromatic N) is 2. The summed E-state index contributed by atoms with van der Waals surface area (Å²) in [4.78, 5) is 9.59. The number of aryl methyl sites for hydroxylation is 1. The van der Waals surface area contributed by atoms with Crippen LogP contribution in [0.4, 0.5) is 5.82 Å². The van der Waals surface area contributed by atoms with E-state index in [2.05, 4.69) is 66.0 Å². The maximum absolute atomic E-state index is 4.85. The van der Waals surface area contributed by atoms with Crippen LogP contribution in [0.5, 0.6) is 0 Å². The van der Waals surface area contributed by atoms with E-state index >= 15 is 0 Å². The summed E-state index contributed by atoms with van der Waals surface area (Å²) in [6.07, 6.45) is 3.34. The number of halogens is 1. The highest BCUT2D eigenvalue weighted by molar-refractivity contribution is 14.1. The molecule has 1 aliphatic rings. The van der Waals surface area contributed by atoms with Crippen molar-refractivity contribution in [2.45, 2.75) is 39.0 Å². The quantitative estimate of drug-likeness (QED) is 0.771. The highest BCUT2D eigenvalue weighted by atomic mass is 127. The van der Waals surface area contributed by atoms with Gasteiger partial charge in [0.25, 0.3) is 0 Å². The van der Waals surface area contributed by atoms with E-state index in [0.717, 1.165) is 24.6 Å². The van der Waals surface area contributed by atoms with Crippen molar-refractivity contribution in [3.05, 3.63) is 50.5 Å². The van der Waals surface area contributed by atoms with E-state index in [1.165, 1.54) is 33.2 Å². The average molecular weight is 393 g/mol. The van der Waals surface area contributed by atoms with Crippen LogP contribution in [0.25, 0.3) is 0 Å². The SMILES string of the molecule is CCNc1nc(Cc2ccccc2C)nc(C2CC2)c1I. The standard InChI is InChI=1S/C17H20IN3/c1-3-19-17-15(18)16(12-8-9-12)20-14(21-17)10-13-7-5-4-6-11(13)2/h4-7,12H,3,8-10H2,1-2H3,(H,19,20,21). The molecule has 2 aromatic rings. The van der Waals surface area contributed by atoms with Crippen LogP contribution in [0.2, 0.25) is 0 Å². The first-order valence-electron chi connectivity index (χ1n) is 7.53. The summed E-state index contributed by atoms with van der Waals surface area (Å²) in [5.74, 6) is 2.58. The molecule has 110 valence electrons. The van der Waals surface area contributed by atoms with E-state index < -0.39 is 0 Å². The third kappa shape index (κ3) is 3.36. The number of rotatable bonds is 5. The second kappa shape index (κ2) is 6.30. The van der Waals surface area contributed by atoms with E-state index in [1.54, 1.807) is 0 Å². The van der Waals surface area contributed by atoms with Crippen molar-refractivity contribution in [1.29, 1.82) is 0 Å². The van der Waals surface area contributed by atoms with E-state index in [-0.39, 0.29) is 0 Å². The molecule has 0 bridgehead atoms. The van der Waals surface area contributed by atoms with Gasteiger partial charge in [-0.25, -0.2) is 9.97 Å². The molecule has 0 unspecified atom stereocenters. The zero-order valence-electron chi connectivity index (χ0n) is 12.5. The Bertz CT molecular complexity index is 650. The van der Waals surface area contributed by atoms with Crippen molar-refractivity contribution >= 4 is 28.4 Å². The molecular weight excluding hydrogens is 373 g/mol. The number of hydrogen-bond donors (Lipinski definition) is 1. The Hall–Kier alpha value is -1.17. The molecule has 1 fully saturated rings. The lowest BCUT2D eigenvalue weighted by Gasteiger charge is -2.12. The van der Waals surface area contributed by atoms with Gasteiger partial charge in [0.15, 0.2) is 0 Å². The molecule has 1 saturated carbocycles. The molecule has 1 N–H and O–H groups in total. The van der Waals surface area contributed by atoms with Gasteiger partial charge in [-0.15, -0.1) is 0 Å². The van der Waals surface area contributed by atoms with E-state index in [9.17, 15) is 0 Å². The predicted octanol–water partition coefficient (Wildman–Crippen LogP) is 4.29. The Morgan fingerprint density at radius 1 is 1.24 bits per heavy atom. The van der Waals surface area contributed by atoms with Gasteiger partial charge >= 0.3 is 0 Å². The number of aromatic nitrogens is 2. The minimum Gasteiger partial charge on any atom is -0.369 e. The second-order valence-corrected chi connectivity index (χ2v) is 6.67. The molecular formula is C17H20IN3. The van der Waals surface area contributed by atoms with Crippen molar-refractivity contribution in [2.24, 2.45) is 0 Å². The average Bonchev–Trinajstić information content (AvgIpc) is 3.29. The summed E-state index contributed by atoms with van der Waals surface area (Å²) in [5, 5.41) is 3.38. The number of nitrogens with one attached hydrogen (secondary N) is 1. The smallest absolute Gasteiger partial charge is 0.143 e. The zero-order valence-corrected chi connectivity index (χ0v) is 14.6. The third-order valence-corrected chi connectivity index (χ3v) is 4.90. The first kappa shape index (κ1) is 14.8. The molecule has 1 aliphatic carbocycles. The second-order valence-electron chi connectivity index (χ2n) is 5.60. The molecule has 1 aromatic heterocycles. The summed E-state index contributed by atoms with van der Waals surface area (Å²) < 4.78 is 1.20. The van der Waals surface area contributed by atoms with Crippen molar-refractivity contribution in [1.82, 2.24) is 9.97 Å². The molecule has 3 nitrogen and oxygen atoms in total. The minimum atomic E-state index is 0.646. The van der Waals surface area contributed by atoms with Crippen LogP contribution in [0.1, 0.15) is 48.3 Å². The maximum Gasteiger partial charge on any atom is 0.143 e. The van der Waals surface area contributed by atoms with Gasteiger partial charge in [0.2, 0.25) is 0 Å². The summed E-state index contributed by atoms with van der Waals surface area (Å²) in [7, 11) is 0. The fourth-order valence-corrected chi connectivity index (χ4v) is 3.35. The molecule has 0 saturated heterocycles. The van der Waals surface area contributed by atoms with Gasteiger partial charge in [0.1, 0.15) is 11.6 Å². The Balaban J connectivity index is 1.96. The van der Waals surface area contributed by atoms with E-state index in [1.807, 2.05) is 0 Å². The van der Waals surface area contributed by atoms with E-state index in [0.29, 0.717) is 5.92 Å². The molecule has 0 amide bonds. The summed E-state index contributed by atoms with van der Waals surface area (Å²) in [6.45, 7) is 5.14. The first-order valence-corrected chi connectivity index (χ1v) is 8.61. The first-order chi connectivity index (χ1) is 10.2. The Morgan fingerprint density at radius 2 is 2.00 bits per heavy atom. The summed E-state index contributed by atoms with van der Waals surface area (Å²) in [6, 6.07) is 8.48. The molecule has 3 rings (SSSR count). The van der Waals surface area contributed by atoms with Gasteiger partial charge in [-0.2, -0.15) is 0 Å². The van der Waals surface area contributed by atoms with Crippen LogP contribution in [0.3, 0.4) is 0 Å². The Kier molecular flexibility index (Phi) is 4.42. The Morgan fingerprint density at radius 3 is 2.67 bits per heavy atom. The van der Waals surface area contributed by atoms with Crippen molar-refractivity contribution in [3.63, 3.8) is 0 Å². The lowest BCUT2D eigenvalue weighted by Crippen LogP contribution is -2.10. The molecule has 0 atom stereocenters. The molecule has 21 heavy (non-hydrogen) atoms. The summed E-state index contributed by atoms with van der Waals surface area (Å²) in [5.41, 5.74) is 3.85. The largest absolute Gasteiger partial charge is 0.369 e. The van der Waals surface area contributed by atoms with Crippen molar-refractivity contribution in [3.8, 4) is 0 Å². The van der Waals surface area contributed by atoms with Gasteiger partial charge < -0.3 is 5.32 Å². The highest BCUT2D eigenvalue weighted by Gasteiger charge is 2.29. The lowest BCUT2D eigenvalue weighted by atomic mass is 10.1. The number of hydrogen-bond acceptors (Lipinski definition) is 3. The molecule has 1 heterocycles. The number of anilines is 1. The third-order valence-electron chi connectivity index (χ3n) is 3.84. The normalized spacial score (nSPS) is 14.2. The van der Waals surface area contributed by atoms with Crippen LogP contribution < -0.4 is 5.32 Å². The lowest BCUT2D eigenvalue weighted by molar-refractivity contribution is 0.884. The van der Waals surface area contributed by atoms with Gasteiger partial charge in [0.05, 0.1) is 9.26 Å². The molecule has 0 aliphatic heterocycles. The van der Waals surface area contributed by atoms with Gasteiger partial charge in [0, 0.05) is 18.9 Å². The van der Waals surface area contributed by atoms with E-state index in [4.69, 9.17) is 9.97 Å². The van der Waals surface area contributed by atoms with Crippen LogP contribution >= 0.6 is 22.6 Å². The predicted molar refractivity (Wildman–Crippen MR) is 94.9 cm³/mol. The monoisotopic (exact) mass is 393 g/mol. The van der Waals surface area contributed by atoms with Crippen LogP contribution in [0, 0.1) is 10.5 Å². The minimum absolute atomic E-state index is 0.646. The van der Waals surface area contributed by atoms with Gasteiger partial charge in [-0.1, -0.05) is 24.3 Å². The molecule has 1 aromatic carbocycles. The topological polar surface area (TPSA) is 37.8 Å². The van der Waals surface area contributed by atoms with Crippen LogP contribution in [-0.4, -0.2) is 16.5 Å². The summed E-state index contributed by atoms with van der Waals surface area (Å²) >= 11 is 2.39. The zero-order chi connectivity index (χ0) is 14.8. The maximum atomic E-state index is 4.85. The molecule has 0 radical (unpaired) electrons. The van der Waals surface area contributed by atoms with Gasteiger partial charge in [-0.05, 0) is 60.4 Å². The fourth-order valence-electron chi connectivity index (χ4n) is 2.48. The number of benzene rings is 1. The van der Waals surface area contributed by atoms with Crippen LogP contribution in [0.15, 0.2) is 24.3 Å².